The predicted molar refractivity (Wildman–Crippen MR) is 223 cm³/mol. The highest BCUT2D eigenvalue weighted by atomic mass is 35.5. The van der Waals surface area contributed by atoms with E-state index in [0.29, 0.717) is 40.8 Å². The van der Waals surface area contributed by atoms with Gasteiger partial charge < -0.3 is 15.1 Å². The molecule has 2 atom stereocenters. The van der Waals surface area contributed by atoms with E-state index in [0.717, 1.165) is 70.9 Å². The number of fused-ring (bicyclic) bond motifs is 3. The Morgan fingerprint density at radius 1 is 0.966 bits per heavy atom. The number of hydrogen-bond donors (Lipinski definition) is 2. The number of carbonyl (C=O) groups is 5. The van der Waals surface area contributed by atoms with Crippen LogP contribution < -0.4 is 10.6 Å². The fourth-order valence-corrected chi connectivity index (χ4v) is 9.44. The molecular formula is C42H46Cl2N8O5S. The van der Waals surface area contributed by atoms with Crippen LogP contribution in [-0.2, 0) is 25.6 Å². The zero-order valence-corrected chi connectivity index (χ0v) is 35.1. The molecule has 1 unspecified atom stereocenters. The molecule has 2 saturated heterocycles. The van der Waals surface area contributed by atoms with E-state index in [1.807, 2.05) is 41.8 Å². The molecule has 2 aromatic heterocycles. The number of rotatable bonds is 12. The maximum Gasteiger partial charge on any atom is 0.254 e. The minimum absolute atomic E-state index is 0.105. The Kier molecular flexibility index (Phi) is 12.7. The summed E-state index contributed by atoms with van der Waals surface area (Å²) in [5.74, 6) is -0.126. The Bertz CT molecular complexity index is 2290. The minimum atomic E-state index is -0.704. The number of amides is 5. The molecule has 5 heterocycles. The summed E-state index contributed by atoms with van der Waals surface area (Å²) in [6, 6.07) is 11.6. The number of piperazine rings is 1. The minimum Gasteiger partial charge on any atom is -0.356 e. The van der Waals surface area contributed by atoms with E-state index in [4.69, 9.17) is 28.2 Å². The van der Waals surface area contributed by atoms with Gasteiger partial charge in [0.1, 0.15) is 29.5 Å². The molecule has 5 amide bonds. The van der Waals surface area contributed by atoms with Crippen molar-refractivity contribution >= 4 is 69.8 Å². The molecule has 16 heteroatoms. The lowest BCUT2D eigenvalue weighted by molar-refractivity contribution is -0.144. The number of carbonyl (C=O) groups excluding carboxylic acids is 5. The highest BCUT2D eigenvalue weighted by Crippen LogP contribution is 2.39. The molecule has 2 aromatic carbocycles. The van der Waals surface area contributed by atoms with Crippen molar-refractivity contribution < 1.29 is 24.0 Å². The lowest BCUT2D eigenvalue weighted by Gasteiger charge is -2.38. The van der Waals surface area contributed by atoms with Gasteiger partial charge in [0, 0.05) is 57.7 Å². The number of aromatic nitrogens is 3. The number of aliphatic imine (C=N–C) groups is 1. The highest BCUT2D eigenvalue weighted by Gasteiger charge is 2.37. The largest absolute Gasteiger partial charge is 0.356 e. The van der Waals surface area contributed by atoms with Crippen molar-refractivity contribution in [3.63, 3.8) is 0 Å². The molecule has 4 aromatic rings. The zero-order valence-electron chi connectivity index (χ0n) is 32.8. The number of imide groups is 1. The molecule has 2 N–H and O–H groups in total. The molecule has 0 radical (unpaired) electrons. The summed E-state index contributed by atoms with van der Waals surface area (Å²) in [5.41, 5.74) is 5.23. The van der Waals surface area contributed by atoms with Crippen LogP contribution in [0.2, 0.25) is 10.0 Å². The van der Waals surface area contributed by atoms with Crippen LogP contribution in [0.4, 0.5) is 0 Å². The monoisotopic (exact) mass is 844 g/mol. The van der Waals surface area contributed by atoms with E-state index in [-0.39, 0.29) is 56.1 Å². The number of nitrogens with one attached hydrogen (secondary N) is 2. The molecule has 0 saturated carbocycles. The van der Waals surface area contributed by atoms with Gasteiger partial charge in [0.25, 0.3) is 5.91 Å². The molecule has 13 nitrogen and oxygen atoms in total. The molecule has 0 aliphatic carbocycles. The highest BCUT2D eigenvalue weighted by molar-refractivity contribution is 7.15. The van der Waals surface area contributed by atoms with Crippen LogP contribution in [0, 0.1) is 20.8 Å². The Morgan fingerprint density at radius 3 is 2.50 bits per heavy atom. The second kappa shape index (κ2) is 17.9. The Labute approximate surface area is 351 Å². The van der Waals surface area contributed by atoms with Crippen LogP contribution in [0.5, 0.6) is 0 Å². The van der Waals surface area contributed by atoms with E-state index in [1.54, 1.807) is 23.5 Å². The van der Waals surface area contributed by atoms with E-state index >= 15 is 0 Å². The van der Waals surface area contributed by atoms with Crippen LogP contribution in [0.25, 0.3) is 5.00 Å². The van der Waals surface area contributed by atoms with Crippen LogP contribution in [0.1, 0.15) is 107 Å². The lowest BCUT2D eigenvalue weighted by Crippen LogP contribution is -2.58. The van der Waals surface area contributed by atoms with Gasteiger partial charge in [-0.05, 0) is 88.3 Å². The van der Waals surface area contributed by atoms with Crippen LogP contribution in [0.15, 0.2) is 47.5 Å². The number of hydrogen-bond acceptors (Lipinski definition) is 9. The third-order valence-electron chi connectivity index (χ3n) is 11.1. The summed E-state index contributed by atoms with van der Waals surface area (Å²) >= 11 is 14.5. The van der Waals surface area contributed by atoms with Gasteiger partial charge in [-0.2, -0.15) is 0 Å². The van der Waals surface area contributed by atoms with E-state index in [9.17, 15) is 24.0 Å². The molecular weight excluding hydrogens is 799 g/mol. The van der Waals surface area contributed by atoms with Crippen molar-refractivity contribution in [1.29, 1.82) is 0 Å². The Hall–Kier alpha value is -4.92. The Balaban J connectivity index is 0.875. The first-order valence-electron chi connectivity index (χ1n) is 19.7. The first-order chi connectivity index (χ1) is 27.9. The topological polar surface area (TPSA) is 159 Å². The number of benzene rings is 2. The summed E-state index contributed by atoms with van der Waals surface area (Å²) < 4.78 is 2.04. The van der Waals surface area contributed by atoms with Gasteiger partial charge in [-0.3, -0.25) is 38.8 Å². The van der Waals surface area contributed by atoms with Gasteiger partial charge >= 0.3 is 0 Å². The molecule has 3 aliphatic rings. The second-order valence-corrected chi connectivity index (χ2v) is 17.1. The van der Waals surface area contributed by atoms with Crippen molar-refractivity contribution in [3.05, 3.63) is 96.9 Å². The third-order valence-corrected chi connectivity index (χ3v) is 12.9. The standard InChI is InChI=1S/C42H46Cl2N8O5S/c1-24-25(2)58-42-37(24)38(28-14-16-30(43)17-15-28)46-32(39-49-48-26(3)52(39)42)22-35(54)45-18-7-5-4-6-9-27-12-13-29(21-31(27)44)41(57)50-19-20-51(36(55)23-50)33-10-8-11-34(53)47-40(33)56/h12-17,21,32-33H,4-11,18-20,22-23H2,1-3H3,(H,45,54)(H,47,53,56)/t32-,33?/m0/s1. The summed E-state index contributed by atoms with van der Waals surface area (Å²) in [4.78, 5) is 73.2. The fraction of sp³-hybridized carbons (Fsp3) is 0.429. The molecule has 304 valence electrons. The third kappa shape index (κ3) is 8.88. The quantitative estimate of drug-likeness (QED) is 0.126. The molecule has 58 heavy (non-hydrogen) atoms. The predicted octanol–water partition coefficient (Wildman–Crippen LogP) is 6.24. The van der Waals surface area contributed by atoms with Crippen molar-refractivity contribution in [2.75, 3.05) is 26.2 Å². The first kappa shape index (κ1) is 41.2. The average Bonchev–Trinajstić information content (AvgIpc) is 3.61. The van der Waals surface area contributed by atoms with Crippen LogP contribution in [-0.4, -0.2) is 92.0 Å². The van der Waals surface area contributed by atoms with E-state index < -0.39 is 18.0 Å². The van der Waals surface area contributed by atoms with Crippen molar-refractivity contribution in [2.45, 2.75) is 90.6 Å². The number of unbranched alkanes of at least 4 members (excludes halogenated alkanes) is 3. The molecule has 0 bridgehead atoms. The van der Waals surface area contributed by atoms with Crippen LogP contribution in [0.3, 0.4) is 0 Å². The van der Waals surface area contributed by atoms with Gasteiger partial charge in [0.2, 0.25) is 23.6 Å². The van der Waals surface area contributed by atoms with Gasteiger partial charge in [-0.15, -0.1) is 21.5 Å². The smallest absolute Gasteiger partial charge is 0.254 e. The van der Waals surface area contributed by atoms with Gasteiger partial charge in [-0.25, -0.2) is 0 Å². The van der Waals surface area contributed by atoms with Crippen LogP contribution >= 0.6 is 34.5 Å². The van der Waals surface area contributed by atoms with Crippen molar-refractivity contribution in [1.82, 2.24) is 35.2 Å². The SMILES string of the molecule is Cc1sc2c(c1C)C(c1ccc(Cl)cc1)=N[C@@H](CC(=O)NCCCCCCc1ccc(C(=O)N3CCN(C4CCCC(=O)NC4=O)C(=O)C3)cc1Cl)c1nnc(C)n1-2. The molecule has 3 aliphatic heterocycles. The van der Waals surface area contributed by atoms with Crippen molar-refractivity contribution in [2.24, 2.45) is 4.99 Å². The Morgan fingerprint density at radius 2 is 1.74 bits per heavy atom. The normalized spacial score (nSPS) is 18.2. The zero-order chi connectivity index (χ0) is 41.1. The number of halogens is 2. The van der Waals surface area contributed by atoms with Gasteiger partial charge in [0.05, 0.1) is 12.1 Å². The molecule has 0 spiro atoms. The van der Waals surface area contributed by atoms with Gasteiger partial charge in [-0.1, -0.05) is 54.2 Å². The number of thiophene rings is 1. The maximum absolute atomic E-state index is 13.3. The lowest BCUT2D eigenvalue weighted by atomic mass is 9.99. The second-order valence-electron chi connectivity index (χ2n) is 15.1. The summed E-state index contributed by atoms with van der Waals surface area (Å²) in [6.45, 7) is 7.00. The molecule has 7 rings (SSSR count). The summed E-state index contributed by atoms with van der Waals surface area (Å²) in [5, 5.41) is 16.4. The van der Waals surface area contributed by atoms with Crippen molar-refractivity contribution in [3.8, 4) is 5.00 Å². The van der Waals surface area contributed by atoms with E-state index in [1.165, 1.54) is 14.7 Å². The first-order valence-corrected chi connectivity index (χ1v) is 21.3. The number of nitrogens with zero attached hydrogens (tertiary/aromatic N) is 6. The van der Waals surface area contributed by atoms with Gasteiger partial charge in [0.15, 0.2) is 5.82 Å². The van der Waals surface area contributed by atoms with E-state index in [2.05, 4.69) is 34.7 Å². The summed E-state index contributed by atoms with van der Waals surface area (Å²) in [6.07, 6.45) is 5.62. The molecule has 2 fully saturated rings. The number of aryl methyl sites for hydroxylation is 3. The summed E-state index contributed by atoms with van der Waals surface area (Å²) in [7, 11) is 0. The maximum atomic E-state index is 13.3. The fourth-order valence-electron chi connectivity index (χ4n) is 7.82. The average molecular weight is 846 g/mol.